The van der Waals surface area contributed by atoms with E-state index in [0.29, 0.717) is 19.6 Å². The average molecular weight is 418 g/mol. The normalized spacial score (nSPS) is 20.6. The number of carbonyl (C=O) groups is 1. The Morgan fingerprint density at radius 2 is 2.03 bits per heavy atom. The summed E-state index contributed by atoms with van der Waals surface area (Å²) in [7, 11) is 2.05. The predicted molar refractivity (Wildman–Crippen MR) is 107 cm³/mol. The number of likely N-dealkylation sites (tertiary alicyclic amines) is 1. The van der Waals surface area contributed by atoms with E-state index >= 15 is 0 Å². The first-order valence-electron chi connectivity index (χ1n) is 10.5. The Labute approximate surface area is 175 Å². The van der Waals surface area contributed by atoms with E-state index in [1.54, 1.807) is 6.07 Å². The molecule has 0 bridgehead atoms. The van der Waals surface area contributed by atoms with Crippen molar-refractivity contribution in [3.63, 3.8) is 0 Å². The third kappa shape index (κ3) is 4.84. The number of nitrogens with one attached hydrogen (secondary N) is 1. The number of hydrogen-bond donors (Lipinski definition) is 1. The van der Waals surface area contributed by atoms with E-state index in [1.807, 2.05) is 7.05 Å². The number of nitrogens with zero attached hydrogens (tertiary/aromatic N) is 5. The van der Waals surface area contributed by atoms with Crippen LogP contribution in [0.25, 0.3) is 0 Å². The van der Waals surface area contributed by atoms with Crippen LogP contribution in [0.3, 0.4) is 0 Å². The number of carbonyl (C=O) groups excluding carboxylic acids is 1. The minimum absolute atomic E-state index is 0.0295. The van der Waals surface area contributed by atoms with E-state index in [4.69, 9.17) is 0 Å². The highest BCUT2D eigenvalue weighted by molar-refractivity contribution is 5.78. The van der Waals surface area contributed by atoms with E-state index < -0.39 is 11.6 Å². The van der Waals surface area contributed by atoms with E-state index in [1.165, 1.54) is 12.1 Å². The first-order valence-corrected chi connectivity index (χ1v) is 10.5. The van der Waals surface area contributed by atoms with Crippen LogP contribution in [0.15, 0.2) is 18.2 Å². The van der Waals surface area contributed by atoms with Crippen molar-refractivity contribution in [3.05, 3.63) is 47.0 Å². The zero-order valence-corrected chi connectivity index (χ0v) is 17.3. The van der Waals surface area contributed by atoms with Crippen molar-refractivity contribution in [1.29, 1.82) is 0 Å². The van der Waals surface area contributed by atoms with Crippen molar-refractivity contribution < 1.29 is 13.6 Å². The molecule has 2 aromatic rings. The summed E-state index contributed by atoms with van der Waals surface area (Å²) in [6.07, 6.45) is 2.69. The number of benzene rings is 1. The van der Waals surface area contributed by atoms with Crippen molar-refractivity contribution in [3.8, 4) is 0 Å². The number of hydrogen-bond acceptors (Lipinski definition) is 5. The quantitative estimate of drug-likeness (QED) is 0.799. The largest absolute Gasteiger partial charge is 0.349 e. The summed E-state index contributed by atoms with van der Waals surface area (Å²) >= 11 is 0. The van der Waals surface area contributed by atoms with Crippen LogP contribution in [-0.4, -0.2) is 63.7 Å². The van der Waals surface area contributed by atoms with Crippen LogP contribution in [0.2, 0.25) is 0 Å². The Morgan fingerprint density at radius 1 is 1.17 bits per heavy atom. The van der Waals surface area contributed by atoms with E-state index in [-0.39, 0.29) is 11.8 Å². The predicted octanol–water partition coefficient (Wildman–Crippen LogP) is 1.57. The zero-order chi connectivity index (χ0) is 21.1. The minimum atomic E-state index is -0.826. The molecular weight excluding hydrogens is 390 g/mol. The third-order valence-electron chi connectivity index (χ3n) is 6.00. The van der Waals surface area contributed by atoms with Gasteiger partial charge in [0.25, 0.3) is 0 Å². The lowest BCUT2D eigenvalue weighted by Crippen LogP contribution is -2.41. The van der Waals surface area contributed by atoms with E-state index in [0.717, 1.165) is 62.7 Å². The summed E-state index contributed by atoms with van der Waals surface area (Å²) < 4.78 is 28.7. The molecule has 30 heavy (non-hydrogen) atoms. The maximum Gasteiger partial charge on any atom is 0.224 e. The van der Waals surface area contributed by atoms with Crippen LogP contribution in [0.1, 0.15) is 30.1 Å². The van der Waals surface area contributed by atoms with Gasteiger partial charge in [0.05, 0.1) is 12.5 Å². The van der Waals surface area contributed by atoms with Crippen LogP contribution in [0.5, 0.6) is 0 Å². The lowest BCUT2D eigenvalue weighted by molar-refractivity contribution is -0.126. The van der Waals surface area contributed by atoms with Gasteiger partial charge in [-0.3, -0.25) is 9.69 Å². The standard InChI is InChI=1S/C21H28F2N6O/c1-27-7-2-3-16(14-27)21(30)24-12-20-26-25-19-6-8-28(9-10-29(19)20)13-15-4-5-17(22)18(23)11-15/h4-5,11,16H,2-3,6-10,12-14H2,1H3,(H,24,30). The molecule has 7 nitrogen and oxygen atoms in total. The van der Waals surface area contributed by atoms with E-state index in [9.17, 15) is 13.6 Å². The smallest absolute Gasteiger partial charge is 0.224 e. The molecule has 1 aromatic heterocycles. The van der Waals surface area contributed by atoms with Gasteiger partial charge in [-0.05, 0) is 44.1 Å². The van der Waals surface area contributed by atoms with Crippen molar-refractivity contribution in [2.24, 2.45) is 5.92 Å². The molecule has 0 aliphatic carbocycles. The molecule has 1 N–H and O–H groups in total. The molecule has 1 saturated heterocycles. The Balaban J connectivity index is 1.33. The van der Waals surface area contributed by atoms with Crippen molar-refractivity contribution >= 4 is 5.91 Å². The Hall–Kier alpha value is -2.39. The maximum atomic E-state index is 13.5. The van der Waals surface area contributed by atoms with Crippen LogP contribution < -0.4 is 5.32 Å². The fourth-order valence-electron chi connectivity index (χ4n) is 4.30. The number of amides is 1. The molecule has 0 radical (unpaired) electrons. The van der Waals surface area contributed by atoms with Gasteiger partial charge in [-0.1, -0.05) is 6.07 Å². The number of piperidine rings is 1. The Bertz CT molecular complexity index is 902. The summed E-state index contributed by atoms with van der Waals surface area (Å²) in [4.78, 5) is 16.9. The summed E-state index contributed by atoms with van der Waals surface area (Å²) in [5.41, 5.74) is 0.747. The molecule has 3 heterocycles. The third-order valence-corrected chi connectivity index (χ3v) is 6.00. The number of aromatic nitrogens is 3. The van der Waals surface area contributed by atoms with Gasteiger partial charge >= 0.3 is 0 Å². The van der Waals surface area contributed by atoms with Gasteiger partial charge in [-0.2, -0.15) is 0 Å². The van der Waals surface area contributed by atoms with Crippen LogP contribution in [-0.2, 0) is 30.8 Å². The van der Waals surface area contributed by atoms with Crippen LogP contribution in [0, 0.1) is 17.6 Å². The van der Waals surface area contributed by atoms with Gasteiger partial charge in [0.1, 0.15) is 5.82 Å². The summed E-state index contributed by atoms with van der Waals surface area (Å²) in [6, 6.07) is 4.04. The Morgan fingerprint density at radius 3 is 2.83 bits per heavy atom. The van der Waals surface area contributed by atoms with Gasteiger partial charge in [0.2, 0.25) is 5.91 Å². The highest BCUT2D eigenvalue weighted by atomic mass is 19.2. The first-order chi connectivity index (χ1) is 14.5. The molecule has 2 aliphatic heterocycles. The Kier molecular flexibility index (Phi) is 6.38. The zero-order valence-electron chi connectivity index (χ0n) is 17.3. The lowest BCUT2D eigenvalue weighted by Gasteiger charge is -2.28. The lowest BCUT2D eigenvalue weighted by atomic mass is 9.98. The van der Waals surface area contributed by atoms with Crippen LogP contribution >= 0.6 is 0 Å². The summed E-state index contributed by atoms with van der Waals surface area (Å²) in [6.45, 7) is 4.97. The summed E-state index contributed by atoms with van der Waals surface area (Å²) in [5.74, 6) is 0.116. The second-order valence-electron chi connectivity index (χ2n) is 8.28. The van der Waals surface area contributed by atoms with Crippen molar-refractivity contribution in [2.45, 2.75) is 38.9 Å². The molecule has 9 heteroatoms. The van der Waals surface area contributed by atoms with Gasteiger partial charge in [0.15, 0.2) is 17.5 Å². The molecule has 0 spiro atoms. The highest BCUT2D eigenvalue weighted by Gasteiger charge is 2.25. The van der Waals surface area contributed by atoms with Crippen LogP contribution in [0.4, 0.5) is 8.78 Å². The topological polar surface area (TPSA) is 66.3 Å². The monoisotopic (exact) mass is 418 g/mol. The average Bonchev–Trinajstić information content (AvgIpc) is 3.01. The summed E-state index contributed by atoms with van der Waals surface area (Å²) in [5, 5.41) is 11.6. The molecule has 1 unspecified atom stereocenters. The second-order valence-corrected chi connectivity index (χ2v) is 8.28. The molecule has 1 amide bonds. The molecule has 1 fully saturated rings. The molecule has 4 rings (SSSR count). The van der Waals surface area contributed by atoms with Gasteiger partial charge in [-0.15, -0.1) is 10.2 Å². The van der Waals surface area contributed by atoms with E-state index in [2.05, 4.69) is 29.9 Å². The number of halogens is 2. The SMILES string of the molecule is CN1CCCC(C(=O)NCc2nnc3n2CCN(Cc2ccc(F)c(F)c2)CC3)C1. The molecular formula is C21H28F2N6O. The number of rotatable bonds is 5. The molecule has 1 atom stereocenters. The van der Waals surface area contributed by atoms with Gasteiger partial charge in [-0.25, -0.2) is 8.78 Å². The second kappa shape index (κ2) is 9.18. The molecule has 162 valence electrons. The van der Waals surface area contributed by atoms with Crippen molar-refractivity contribution in [1.82, 2.24) is 29.9 Å². The van der Waals surface area contributed by atoms with Crippen molar-refractivity contribution in [2.75, 3.05) is 33.2 Å². The molecule has 1 aromatic carbocycles. The first kappa shape index (κ1) is 20.9. The molecule has 2 aliphatic rings. The van der Waals surface area contributed by atoms with Gasteiger partial charge < -0.3 is 14.8 Å². The highest BCUT2D eigenvalue weighted by Crippen LogP contribution is 2.17. The fraction of sp³-hybridized carbons (Fsp3) is 0.571. The maximum absolute atomic E-state index is 13.5. The van der Waals surface area contributed by atoms with Gasteiger partial charge in [0, 0.05) is 39.1 Å². The fourth-order valence-corrected chi connectivity index (χ4v) is 4.30. The number of fused-ring (bicyclic) bond motifs is 1. The molecule has 0 saturated carbocycles. The minimum Gasteiger partial charge on any atom is -0.349 e.